The fourth-order valence-corrected chi connectivity index (χ4v) is 3.23. The molecule has 0 aliphatic rings. The van der Waals surface area contributed by atoms with E-state index in [1.807, 2.05) is 42.5 Å². The lowest BCUT2D eigenvalue weighted by molar-refractivity contribution is 0.475. The zero-order valence-electron chi connectivity index (χ0n) is 12.6. The number of aromatic hydroxyl groups is 2. The molecule has 0 radical (unpaired) electrons. The van der Waals surface area contributed by atoms with Crippen molar-refractivity contribution in [3.05, 3.63) is 71.8 Å². The topological polar surface area (TPSA) is 56.2 Å². The molecule has 4 rings (SSSR count). The molecule has 0 amide bonds. The molecule has 0 aliphatic carbocycles. The van der Waals surface area contributed by atoms with Crippen LogP contribution < -0.4 is 0 Å². The highest BCUT2D eigenvalue weighted by molar-refractivity contribution is 6.37. The summed E-state index contributed by atoms with van der Waals surface area (Å²) in [7, 11) is 0. The molecule has 4 heteroatoms. The minimum atomic E-state index is 0.218. The van der Waals surface area contributed by atoms with Gasteiger partial charge in [-0.3, -0.25) is 0 Å². The Kier molecular flexibility index (Phi) is 3.44. The van der Waals surface area contributed by atoms with Crippen molar-refractivity contribution in [2.24, 2.45) is 0 Å². The number of rotatable bonds is 2. The summed E-state index contributed by atoms with van der Waals surface area (Å²) in [4.78, 5) is 3.43. The van der Waals surface area contributed by atoms with Gasteiger partial charge in [0.05, 0.1) is 10.7 Å². The standard InChI is InChI=1S/C20H14ClNO2/c21-16-2-1-3-17-19(16)18(12-4-8-14(23)9-5-12)20(22-17)13-6-10-15(24)11-7-13/h1-11,22-24H. The zero-order chi connectivity index (χ0) is 16.7. The third kappa shape index (κ3) is 2.39. The van der Waals surface area contributed by atoms with E-state index in [1.165, 1.54) is 0 Å². The van der Waals surface area contributed by atoms with Crippen LogP contribution in [0.4, 0.5) is 0 Å². The minimum absolute atomic E-state index is 0.218. The smallest absolute Gasteiger partial charge is 0.115 e. The molecule has 1 heterocycles. The van der Waals surface area contributed by atoms with Gasteiger partial charge in [0.25, 0.3) is 0 Å². The van der Waals surface area contributed by atoms with E-state index in [-0.39, 0.29) is 11.5 Å². The van der Waals surface area contributed by atoms with Crippen LogP contribution in [0.1, 0.15) is 0 Å². The Bertz CT molecular complexity index is 1020. The molecule has 3 nitrogen and oxygen atoms in total. The Morgan fingerprint density at radius 2 is 1.29 bits per heavy atom. The Balaban J connectivity index is 2.06. The second kappa shape index (κ2) is 5.62. The van der Waals surface area contributed by atoms with Gasteiger partial charge in [-0.05, 0) is 59.7 Å². The highest BCUT2D eigenvalue weighted by Gasteiger charge is 2.17. The Labute approximate surface area is 143 Å². The van der Waals surface area contributed by atoms with Gasteiger partial charge in [0.2, 0.25) is 0 Å². The average molecular weight is 336 g/mol. The van der Waals surface area contributed by atoms with Crippen LogP contribution in [0.5, 0.6) is 11.5 Å². The fourth-order valence-electron chi connectivity index (χ4n) is 2.97. The molecule has 3 aromatic carbocycles. The second-order valence-electron chi connectivity index (χ2n) is 5.63. The van der Waals surface area contributed by atoms with Crippen molar-refractivity contribution in [2.45, 2.75) is 0 Å². The van der Waals surface area contributed by atoms with E-state index in [1.54, 1.807) is 24.3 Å². The van der Waals surface area contributed by atoms with Crippen molar-refractivity contribution in [1.82, 2.24) is 4.98 Å². The lowest BCUT2D eigenvalue weighted by atomic mass is 9.98. The van der Waals surface area contributed by atoms with Gasteiger partial charge in [-0.25, -0.2) is 0 Å². The fraction of sp³-hybridized carbons (Fsp3) is 0. The molecule has 0 saturated heterocycles. The summed E-state index contributed by atoms with van der Waals surface area (Å²) in [5.74, 6) is 0.440. The average Bonchev–Trinajstić information content (AvgIpc) is 2.97. The lowest BCUT2D eigenvalue weighted by Gasteiger charge is -2.07. The Hall–Kier alpha value is -2.91. The first-order valence-electron chi connectivity index (χ1n) is 7.52. The number of phenols is 2. The molecule has 1 aromatic heterocycles. The summed E-state index contributed by atoms with van der Waals surface area (Å²) in [6, 6.07) is 19.8. The number of aromatic nitrogens is 1. The first-order chi connectivity index (χ1) is 11.6. The summed E-state index contributed by atoms with van der Waals surface area (Å²) in [6.07, 6.45) is 0. The van der Waals surface area contributed by atoms with E-state index in [2.05, 4.69) is 4.98 Å². The molecule has 0 atom stereocenters. The maximum atomic E-state index is 9.58. The van der Waals surface area contributed by atoms with Crippen LogP contribution >= 0.6 is 11.6 Å². The van der Waals surface area contributed by atoms with E-state index in [9.17, 15) is 10.2 Å². The van der Waals surface area contributed by atoms with Crippen LogP contribution in [0.25, 0.3) is 33.3 Å². The molecule has 0 spiro atoms. The number of aromatic amines is 1. The Morgan fingerprint density at radius 3 is 1.92 bits per heavy atom. The van der Waals surface area contributed by atoms with Crippen molar-refractivity contribution in [2.75, 3.05) is 0 Å². The van der Waals surface area contributed by atoms with Crippen molar-refractivity contribution in [3.63, 3.8) is 0 Å². The van der Waals surface area contributed by atoms with E-state index in [4.69, 9.17) is 11.6 Å². The van der Waals surface area contributed by atoms with Crippen molar-refractivity contribution >= 4 is 22.5 Å². The quantitative estimate of drug-likeness (QED) is 0.448. The summed E-state index contributed by atoms with van der Waals surface area (Å²) in [5.41, 5.74) is 4.73. The van der Waals surface area contributed by atoms with Gasteiger partial charge >= 0.3 is 0 Å². The van der Waals surface area contributed by atoms with Crippen LogP contribution in [0.3, 0.4) is 0 Å². The highest BCUT2D eigenvalue weighted by atomic mass is 35.5. The maximum absolute atomic E-state index is 9.58. The monoisotopic (exact) mass is 335 g/mol. The molecule has 0 unspecified atom stereocenters. The summed E-state index contributed by atoms with van der Waals surface area (Å²) < 4.78 is 0. The number of phenolic OH excluding ortho intramolecular Hbond substituents is 2. The van der Waals surface area contributed by atoms with E-state index in [0.717, 1.165) is 33.3 Å². The maximum Gasteiger partial charge on any atom is 0.115 e. The summed E-state index contributed by atoms with van der Waals surface area (Å²) in [5, 5.41) is 20.7. The van der Waals surface area contributed by atoms with Crippen LogP contribution in [-0.2, 0) is 0 Å². The first kappa shape index (κ1) is 14.7. The van der Waals surface area contributed by atoms with Crippen LogP contribution in [0, 0.1) is 0 Å². The van der Waals surface area contributed by atoms with Gasteiger partial charge in [-0.1, -0.05) is 29.8 Å². The first-order valence-corrected chi connectivity index (χ1v) is 7.90. The molecule has 118 valence electrons. The zero-order valence-corrected chi connectivity index (χ0v) is 13.4. The van der Waals surface area contributed by atoms with Gasteiger partial charge in [-0.2, -0.15) is 0 Å². The largest absolute Gasteiger partial charge is 0.508 e. The normalized spacial score (nSPS) is 11.0. The SMILES string of the molecule is Oc1ccc(-c2[nH]c3cccc(Cl)c3c2-c2ccc(O)cc2)cc1. The molecule has 0 bridgehead atoms. The van der Waals surface area contributed by atoms with Gasteiger partial charge in [0.1, 0.15) is 11.5 Å². The van der Waals surface area contributed by atoms with Crippen LogP contribution in [0.15, 0.2) is 66.7 Å². The van der Waals surface area contributed by atoms with Crippen molar-refractivity contribution in [3.8, 4) is 33.9 Å². The number of hydrogen-bond acceptors (Lipinski definition) is 2. The van der Waals surface area contributed by atoms with Crippen LogP contribution in [0.2, 0.25) is 5.02 Å². The van der Waals surface area contributed by atoms with Gasteiger partial charge in [0, 0.05) is 16.5 Å². The number of nitrogens with one attached hydrogen (secondary N) is 1. The number of fused-ring (bicyclic) bond motifs is 1. The van der Waals surface area contributed by atoms with Crippen LogP contribution in [-0.4, -0.2) is 15.2 Å². The number of hydrogen-bond donors (Lipinski definition) is 3. The predicted octanol–water partition coefficient (Wildman–Crippen LogP) is 5.57. The minimum Gasteiger partial charge on any atom is -0.508 e. The van der Waals surface area contributed by atoms with Gasteiger partial charge in [0.15, 0.2) is 0 Å². The molecular formula is C20H14ClNO2. The summed E-state index contributed by atoms with van der Waals surface area (Å²) >= 11 is 6.46. The van der Waals surface area contributed by atoms with E-state index >= 15 is 0 Å². The third-order valence-electron chi connectivity index (χ3n) is 4.09. The molecule has 3 N–H and O–H groups in total. The third-order valence-corrected chi connectivity index (χ3v) is 4.40. The molecule has 0 fully saturated rings. The van der Waals surface area contributed by atoms with E-state index in [0.29, 0.717) is 5.02 Å². The number of benzene rings is 3. The molecule has 24 heavy (non-hydrogen) atoms. The molecular weight excluding hydrogens is 322 g/mol. The van der Waals surface area contributed by atoms with Gasteiger partial charge in [-0.15, -0.1) is 0 Å². The van der Waals surface area contributed by atoms with Crippen molar-refractivity contribution in [1.29, 1.82) is 0 Å². The predicted molar refractivity (Wildman–Crippen MR) is 97.5 cm³/mol. The number of H-pyrrole nitrogens is 1. The Morgan fingerprint density at radius 1 is 0.708 bits per heavy atom. The highest BCUT2D eigenvalue weighted by Crippen LogP contribution is 2.41. The summed E-state index contributed by atoms with van der Waals surface area (Å²) in [6.45, 7) is 0. The molecule has 4 aromatic rings. The van der Waals surface area contributed by atoms with E-state index < -0.39 is 0 Å². The van der Waals surface area contributed by atoms with Crippen molar-refractivity contribution < 1.29 is 10.2 Å². The lowest BCUT2D eigenvalue weighted by Crippen LogP contribution is -1.83. The molecule has 0 aliphatic heterocycles. The molecule has 0 saturated carbocycles. The second-order valence-corrected chi connectivity index (χ2v) is 6.04. The van der Waals surface area contributed by atoms with Gasteiger partial charge < -0.3 is 15.2 Å². The number of halogens is 1.